The van der Waals surface area contributed by atoms with Crippen molar-refractivity contribution in [1.29, 1.82) is 0 Å². The van der Waals surface area contributed by atoms with E-state index in [-0.39, 0.29) is 5.91 Å². The van der Waals surface area contributed by atoms with E-state index in [0.717, 1.165) is 21.2 Å². The van der Waals surface area contributed by atoms with Gasteiger partial charge in [0.15, 0.2) is 0 Å². The molecule has 0 fully saturated rings. The molecule has 32 heavy (non-hydrogen) atoms. The predicted molar refractivity (Wildman–Crippen MR) is 122 cm³/mol. The number of hydrogen-bond acceptors (Lipinski definition) is 8. The van der Waals surface area contributed by atoms with Crippen LogP contribution < -0.4 is 15.0 Å². The van der Waals surface area contributed by atoms with Gasteiger partial charge in [-0.1, -0.05) is 0 Å². The summed E-state index contributed by atoms with van der Waals surface area (Å²) in [6.07, 6.45) is 6.10. The Bertz CT molecular complexity index is 1290. The lowest BCUT2D eigenvalue weighted by Gasteiger charge is -2.16. The average Bonchev–Trinajstić information content (AvgIpc) is 3.28. The van der Waals surface area contributed by atoms with Crippen molar-refractivity contribution in [1.82, 2.24) is 15.0 Å². The summed E-state index contributed by atoms with van der Waals surface area (Å²) in [6.45, 7) is 0. The molecule has 4 aromatic heterocycles. The topological polar surface area (TPSA) is 107 Å². The lowest BCUT2D eigenvalue weighted by Crippen LogP contribution is -2.25. The third-order valence-corrected chi connectivity index (χ3v) is 5.82. The first-order chi connectivity index (χ1) is 15.5. The van der Waals surface area contributed by atoms with E-state index in [0.29, 0.717) is 22.3 Å². The molecular weight excluding hydrogens is 430 g/mol. The van der Waals surface area contributed by atoms with Gasteiger partial charge in [-0.25, -0.2) is 14.8 Å². The molecule has 9 nitrogen and oxygen atoms in total. The van der Waals surface area contributed by atoms with Crippen LogP contribution >= 0.6 is 11.3 Å². The quantitative estimate of drug-likeness (QED) is 0.486. The minimum absolute atomic E-state index is 0.152. The lowest BCUT2D eigenvalue weighted by atomic mass is 10.1. The number of fused-ring (bicyclic) bond motifs is 1. The van der Waals surface area contributed by atoms with E-state index in [2.05, 4.69) is 25.0 Å². The smallest absolute Gasteiger partial charge is 0.412 e. The number of ether oxygens (including phenoxy) is 2. The Morgan fingerprint density at radius 2 is 1.91 bits per heavy atom. The van der Waals surface area contributed by atoms with Crippen molar-refractivity contribution >= 4 is 44.9 Å². The summed E-state index contributed by atoms with van der Waals surface area (Å²) >= 11 is 1.37. The number of nitrogens with zero attached hydrogens (tertiary/aromatic N) is 4. The number of carbonyl (C=O) groups is 2. The van der Waals surface area contributed by atoms with Gasteiger partial charge in [-0.3, -0.25) is 15.1 Å². The van der Waals surface area contributed by atoms with Gasteiger partial charge in [-0.15, -0.1) is 11.3 Å². The SMILES string of the molecule is COC(=O)Nc1ccc(-c2cncc3sc(C(=O)N(C)c4ccnc(OC)c4)cc23)cn1. The molecule has 162 valence electrons. The Labute approximate surface area is 187 Å². The Morgan fingerprint density at radius 3 is 2.62 bits per heavy atom. The zero-order chi connectivity index (χ0) is 22.7. The minimum atomic E-state index is -0.592. The normalized spacial score (nSPS) is 10.6. The van der Waals surface area contributed by atoms with Gasteiger partial charge in [0.05, 0.1) is 29.5 Å². The Hall–Kier alpha value is -4.05. The molecule has 4 rings (SSSR count). The highest BCUT2D eigenvalue weighted by Gasteiger charge is 2.19. The fourth-order valence-corrected chi connectivity index (χ4v) is 4.11. The number of hydrogen-bond donors (Lipinski definition) is 1. The van der Waals surface area contributed by atoms with Crippen molar-refractivity contribution in [2.24, 2.45) is 0 Å². The number of thiophene rings is 1. The molecule has 0 aliphatic rings. The number of amides is 2. The van der Waals surface area contributed by atoms with E-state index in [1.54, 1.807) is 54.9 Å². The van der Waals surface area contributed by atoms with E-state index in [1.165, 1.54) is 25.6 Å². The molecule has 2 amide bonds. The van der Waals surface area contributed by atoms with Gasteiger partial charge in [-0.2, -0.15) is 0 Å². The molecule has 4 heterocycles. The fourth-order valence-electron chi connectivity index (χ4n) is 3.08. The molecule has 0 unspecified atom stereocenters. The van der Waals surface area contributed by atoms with Crippen LogP contribution in [-0.2, 0) is 4.74 Å². The maximum absolute atomic E-state index is 13.1. The van der Waals surface area contributed by atoms with Crippen molar-refractivity contribution in [3.05, 3.63) is 60.0 Å². The van der Waals surface area contributed by atoms with Gasteiger partial charge in [0.2, 0.25) is 5.88 Å². The highest BCUT2D eigenvalue weighted by molar-refractivity contribution is 7.21. The van der Waals surface area contributed by atoms with E-state index in [9.17, 15) is 9.59 Å². The van der Waals surface area contributed by atoms with Gasteiger partial charge in [-0.05, 0) is 24.3 Å². The van der Waals surface area contributed by atoms with Crippen LogP contribution in [0.3, 0.4) is 0 Å². The van der Waals surface area contributed by atoms with Crippen LogP contribution in [0.5, 0.6) is 5.88 Å². The van der Waals surface area contributed by atoms with Crippen LogP contribution in [0.4, 0.5) is 16.3 Å². The van der Waals surface area contributed by atoms with Crippen molar-refractivity contribution in [3.8, 4) is 17.0 Å². The first-order valence-corrected chi connectivity index (χ1v) is 10.3. The molecule has 4 aromatic rings. The number of carbonyl (C=O) groups excluding carboxylic acids is 2. The third kappa shape index (κ3) is 4.21. The van der Waals surface area contributed by atoms with Crippen LogP contribution in [0, 0.1) is 0 Å². The number of aromatic nitrogens is 3. The summed E-state index contributed by atoms with van der Waals surface area (Å²) in [5.74, 6) is 0.653. The molecule has 0 aromatic carbocycles. The van der Waals surface area contributed by atoms with Crippen molar-refractivity contribution in [2.75, 3.05) is 31.5 Å². The molecule has 10 heteroatoms. The molecule has 0 saturated carbocycles. The summed E-state index contributed by atoms with van der Waals surface area (Å²) in [6, 6.07) is 8.80. The van der Waals surface area contributed by atoms with Crippen LogP contribution in [0.2, 0.25) is 0 Å². The first-order valence-electron chi connectivity index (χ1n) is 9.47. The number of nitrogens with one attached hydrogen (secondary N) is 1. The van der Waals surface area contributed by atoms with Gasteiger partial charge in [0.1, 0.15) is 5.82 Å². The maximum Gasteiger partial charge on any atom is 0.412 e. The zero-order valence-electron chi connectivity index (χ0n) is 17.5. The van der Waals surface area contributed by atoms with E-state index in [4.69, 9.17) is 4.74 Å². The molecule has 0 aliphatic carbocycles. The summed E-state index contributed by atoms with van der Waals surface area (Å²) < 4.78 is 10.6. The van der Waals surface area contributed by atoms with Crippen LogP contribution in [0.1, 0.15) is 9.67 Å². The van der Waals surface area contributed by atoms with Gasteiger partial charge in [0.25, 0.3) is 5.91 Å². The van der Waals surface area contributed by atoms with E-state index < -0.39 is 6.09 Å². The number of anilines is 2. The monoisotopic (exact) mass is 449 g/mol. The summed E-state index contributed by atoms with van der Waals surface area (Å²) in [7, 11) is 4.52. The largest absolute Gasteiger partial charge is 0.481 e. The van der Waals surface area contributed by atoms with Crippen LogP contribution in [0.25, 0.3) is 21.2 Å². The fraction of sp³-hybridized carbons (Fsp3) is 0.136. The van der Waals surface area contributed by atoms with E-state index in [1.807, 2.05) is 12.1 Å². The van der Waals surface area contributed by atoms with Crippen LogP contribution in [-0.4, -0.2) is 48.2 Å². The van der Waals surface area contributed by atoms with Crippen molar-refractivity contribution in [2.45, 2.75) is 0 Å². The molecule has 0 aliphatic heterocycles. The zero-order valence-corrected chi connectivity index (χ0v) is 18.3. The van der Waals surface area contributed by atoms with Gasteiger partial charge in [0, 0.05) is 54.4 Å². The highest BCUT2D eigenvalue weighted by Crippen LogP contribution is 2.34. The Kier molecular flexibility index (Phi) is 5.95. The minimum Gasteiger partial charge on any atom is -0.481 e. The second kappa shape index (κ2) is 8.98. The molecule has 0 saturated heterocycles. The van der Waals surface area contributed by atoms with Crippen molar-refractivity contribution < 1.29 is 19.1 Å². The average molecular weight is 449 g/mol. The lowest BCUT2D eigenvalue weighted by molar-refractivity contribution is 0.0997. The standard InChI is InChI=1S/C22H19N5O4S/c1-27(14-6-7-24-20(8-14)30-2)21(28)17-9-15-16(11-23-12-18(15)32-17)13-4-5-19(25-10-13)26-22(29)31-3/h4-12H,1-3H3,(H,25,26,29). The molecule has 0 atom stereocenters. The predicted octanol–water partition coefficient (Wildman–Crippen LogP) is 4.22. The second-order valence-corrected chi connectivity index (χ2v) is 7.76. The number of pyridine rings is 3. The first kappa shape index (κ1) is 21.2. The Morgan fingerprint density at radius 1 is 1.06 bits per heavy atom. The third-order valence-electron chi connectivity index (χ3n) is 4.77. The maximum atomic E-state index is 13.1. The van der Waals surface area contributed by atoms with Gasteiger partial charge >= 0.3 is 6.09 Å². The summed E-state index contributed by atoms with van der Waals surface area (Å²) in [5, 5.41) is 3.41. The molecular formula is C22H19N5O4S. The van der Waals surface area contributed by atoms with Crippen molar-refractivity contribution in [3.63, 3.8) is 0 Å². The van der Waals surface area contributed by atoms with Gasteiger partial charge < -0.3 is 14.4 Å². The van der Waals surface area contributed by atoms with E-state index >= 15 is 0 Å². The number of rotatable bonds is 5. The summed E-state index contributed by atoms with van der Waals surface area (Å²) in [4.78, 5) is 39.2. The van der Waals surface area contributed by atoms with Crippen LogP contribution in [0.15, 0.2) is 55.1 Å². The molecule has 0 radical (unpaired) electrons. The highest BCUT2D eigenvalue weighted by atomic mass is 32.1. The number of methoxy groups -OCH3 is 2. The molecule has 0 spiro atoms. The summed E-state index contributed by atoms with van der Waals surface area (Å²) in [5.41, 5.74) is 2.32. The molecule has 0 bridgehead atoms. The molecule has 1 N–H and O–H groups in total. The Balaban J connectivity index is 1.64. The second-order valence-electron chi connectivity index (χ2n) is 6.68.